The van der Waals surface area contributed by atoms with Crippen molar-refractivity contribution in [2.45, 2.75) is 30.8 Å². The lowest BCUT2D eigenvalue weighted by Crippen LogP contribution is -2.32. The van der Waals surface area contributed by atoms with Crippen molar-refractivity contribution in [2.24, 2.45) is 0 Å². The lowest BCUT2D eigenvalue weighted by Gasteiger charge is -2.24. The Kier molecular flexibility index (Phi) is 9.66. The number of nitrogens with one attached hydrogen (secondary N) is 2. The second-order valence-corrected chi connectivity index (χ2v) is 13.2. The SMILES string of the molecule is Cc1ccc(Cl)cc1N(CCCC(=O)Nc1ccc(S(=O)(=O)Nc2ccc(Cl)c(C(F)(F)F)c2)cc1)S(C)(=O)=O. The number of rotatable bonds is 10. The summed E-state index contributed by atoms with van der Waals surface area (Å²) in [5.74, 6) is -0.439. The number of hydrogen-bond donors (Lipinski definition) is 2. The standard InChI is InChI=1S/C25H24Cl2F3N3O5S2/c1-16-5-6-17(26)14-23(16)33(39(2,35)36)13-3-4-24(34)31-18-7-10-20(11-8-18)40(37,38)32-19-9-12-22(27)21(15-19)25(28,29)30/h5-12,14-15,32H,3-4,13H2,1-2H3,(H,31,34). The van der Waals surface area contributed by atoms with Crippen LogP contribution in [0.25, 0.3) is 0 Å². The van der Waals surface area contributed by atoms with Crippen LogP contribution >= 0.6 is 23.2 Å². The smallest absolute Gasteiger partial charge is 0.326 e. The molecule has 0 aliphatic carbocycles. The molecule has 0 fully saturated rings. The molecule has 0 saturated heterocycles. The molecule has 3 aromatic rings. The number of aryl methyl sites for hydroxylation is 1. The topological polar surface area (TPSA) is 113 Å². The molecule has 0 bridgehead atoms. The van der Waals surface area contributed by atoms with E-state index in [0.717, 1.165) is 18.4 Å². The number of carbonyl (C=O) groups is 1. The number of halogens is 5. The summed E-state index contributed by atoms with van der Waals surface area (Å²) in [6.07, 6.45) is -3.57. The number of sulfonamides is 2. The van der Waals surface area contributed by atoms with Crippen LogP contribution in [-0.2, 0) is 31.0 Å². The zero-order valence-electron chi connectivity index (χ0n) is 21.1. The van der Waals surface area contributed by atoms with Gasteiger partial charge in [-0.2, -0.15) is 13.2 Å². The first-order chi connectivity index (χ1) is 18.5. The highest BCUT2D eigenvalue weighted by Crippen LogP contribution is 2.36. The number of alkyl halides is 3. The first-order valence-electron chi connectivity index (χ1n) is 11.5. The van der Waals surface area contributed by atoms with Crippen molar-refractivity contribution >= 4 is 66.2 Å². The lowest BCUT2D eigenvalue weighted by atomic mass is 10.2. The number of carbonyl (C=O) groups excluding carboxylic acids is 1. The molecular weight excluding hydrogens is 614 g/mol. The predicted molar refractivity (Wildman–Crippen MR) is 150 cm³/mol. The molecule has 40 heavy (non-hydrogen) atoms. The number of anilines is 3. The summed E-state index contributed by atoms with van der Waals surface area (Å²) < 4.78 is 92.5. The van der Waals surface area contributed by atoms with Crippen LogP contribution in [0.1, 0.15) is 24.0 Å². The Morgan fingerprint density at radius 1 is 0.925 bits per heavy atom. The van der Waals surface area contributed by atoms with Gasteiger partial charge in [-0.1, -0.05) is 29.3 Å². The largest absolute Gasteiger partial charge is 0.417 e. The van der Waals surface area contributed by atoms with Gasteiger partial charge in [0.15, 0.2) is 0 Å². The molecular formula is C25H24Cl2F3N3O5S2. The van der Waals surface area contributed by atoms with Crippen molar-refractivity contribution in [3.05, 3.63) is 81.8 Å². The first kappa shape index (κ1) is 31.5. The van der Waals surface area contributed by atoms with Gasteiger partial charge in [-0.05, 0) is 73.5 Å². The third kappa shape index (κ3) is 8.26. The molecule has 8 nitrogen and oxygen atoms in total. The van der Waals surface area contributed by atoms with Crippen LogP contribution in [0.4, 0.5) is 30.2 Å². The summed E-state index contributed by atoms with van der Waals surface area (Å²) in [5, 5.41) is 2.39. The van der Waals surface area contributed by atoms with E-state index in [1.165, 1.54) is 34.6 Å². The van der Waals surface area contributed by atoms with E-state index in [1.54, 1.807) is 19.1 Å². The second kappa shape index (κ2) is 12.2. The Hall–Kier alpha value is -3.00. The predicted octanol–water partition coefficient (Wildman–Crippen LogP) is 6.31. The molecule has 0 unspecified atom stereocenters. The molecule has 3 aromatic carbocycles. The van der Waals surface area contributed by atoms with E-state index in [1.807, 2.05) is 0 Å². The van der Waals surface area contributed by atoms with Gasteiger partial charge in [0, 0.05) is 29.4 Å². The van der Waals surface area contributed by atoms with Gasteiger partial charge in [0.1, 0.15) is 0 Å². The molecule has 0 aromatic heterocycles. The fourth-order valence-electron chi connectivity index (χ4n) is 3.66. The first-order valence-corrected chi connectivity index (χ1v) is 15.6. The monoisotopic (exact) mass is 637 g/mol. The Labute approximate surface area is 240 Å². The van der Waals surface area contributed by atoms with Crippen LogP contribution in [0.3, 0.4) is 0 Å². The third-order valence-corrected chi connectivity index (χ3v) is 8.72. The van der Waals surface area contributed by atoms with Gasteiger partial charge in [-0.25, -0.2) is 16.8 Å². The summed E-state index contributed by atoms with van der Waals surface area (Å²) in [4.78, 5) is 12.2. The molecule has 1 amide bonds. The Morgan fingerprint density at radius 3 is 2.15 bits per heavy atom. The van der Waals surface area contributed by atoms with E-state index < -0.39 is 42.7 Å². The molecule has 0 aliphatic rings. The van der Waals surface area contributed by atoms with Crippen LogP contribution in [0.15, 0.2) is 65.6 Å². The zero-order valence-corrected chi connectivity index (χ0v) is 24.2. The van der Waals surface area contributed by atoms with Crippen LogP contribution < -0.4 is 14.3 Å². The van der Waals surface area contributed by atoms with Gasteiger partial charge < -0.3 is 5.32 Å². The molecule has 0 spiro atoms. The van der Waals surface area contributed by atoms with Crippen LogP contribution in [0, 0.1) is 6.92 Å². The Bertz CT molecular complexity index is 1620. The number of nitrogens with zero attached hydrogens (tertiary/aromatic N) is 1. The zero-order chi connectivity index (χ0) is 29.9. The quantitative estimate of drug-likeness (QED) is 0.271. The van der Waals surface area contributed by atoms with Gasteiger partial charge in [0.05, 0.1) is 27.4 Å². The van der Waals surface area contributed by atoms with Crippen LogP contribution in [0.5, 0.6) is 0 Å². The molecule has 2 N–H and O–H groups in total. The van der Waals surface area contributed by atoms with Crippen molar-refractivity contribution in [3.8, 4) is 0 Å². The van der Waals surface area contributed by atoms with E-state index in [-0.39, 0.29) is 35.7 Å². The highest BCUT2D eigenvalue weighted by atomic mass is 35.5. The van der Waals surface area contributed by atoms with E-state index in [4.69, 9.17) is 23.2 Å². The van der Waals surface area contributed by atoms with E-state index >= 15 is 0 Å². The maximum absolute atomic E-state index is 13.1. The number of benzene rings is 3. The second-order valence-electron chi connectivity index (χ2n) is 8.74. The lowest BCUT2D eigenvalue weighted by molar-refractivity contribution is -0.137. The van der Waals surface area contributed by atoms with Crippen molar-refractivity contribution < 1.29 is 34.8 Å². The van der Waals surface area contributed by atoms with E-state index in [9.17, 15) is 34.8 Å². The van der Waals surface area contributed by atoms with Crippen LogP contribution in [-0.4, -0.2) is 35.5 Å². The van der Waals surface area contributed by atoms with Gasteiger partial charge in [0.2, 0.25) is 15.9 Å². The fourth-order valence-corrected chi connectivity index (χ4v) is 6.12. The fraction of sp³-hybridized carbons (Fsp3) is 0.240. The highest BCUT2D eigenvalue weighted by molar-refractivity contribution is 7.92. The van der Waals surface area contributed by atoms with Gasteiger partial charge in [0.25, 0.3) is 10.0 Å². The minimum atomic E-state index is -4.77. The van der Waals surface area contributed by atoms with Crippen molar-refractivity contribution in [1.29, 1.82) is 0 Å². The van der Waals surface area contributed by atoms with E-state index in [2.05, 4.69) is 10.0 Å². The van der Waals surface area contributed by atoms with Gasteiger partial charge in [-0.15, -0.1) is 0 Å². The summed E-state index contributed by atoms with van der Waals surface area (Å²) >= 11 is 11.6. The Morgan fingerprint density at radius 2 is 1.55 bits per heavy atom. The molecule has 0 atom stereocenters. The molecule has 15 heteroatoms. The average molecular weight is 639 g/mol. The van der Waals surface area contributed by atoms with E-state index in [0.29, 0.717) is 22.3 Å². The van der Waals surface area contributed by atoms with Crippen molar-refractivity contribution in [2.75, 3.05) is 27.1 Å². The molecule has 0 radical (unpaired) electrons. The number of hydrogen-bond acceptors (Lipinski definition) is 5. The summed E-state index contributed by atoms with van der Waals surface area (Å²) in [5.41, 5.74) is -0.143. The average Bonchev–Trinajstić information content (AvgIpc) is 2.83. The Balaban J connectivity index is 1.62. The van der Waals surface area contributed by atoms with Gasteiger partial charge >= 0.3 is 6.18 Å². The highest BCUT2D eigenvalue weighted by Gasteiger charge is 2.33. The summed E-state index contributed by atoms with van der Waals surface area (Å²) in [7, 11) is -7.90. The molecule has 216 valence electrons. The van der Waals surface area contributed by atoms with Crippen LogP contribution in [0.2, 0.25) is 10.0 Å². The van der Waals surface area contributed by atoms with Crippen molar-refractivity contribution in [3.63, 3.8) is 0 Å². The molecule has 3 rings (SSSR count). The third-order valence-electron chi connectivity index (χ3n) is 5.58. The number of amides is 1. The minimum absolute atomic E-state index is 0.0248. The maximum atomic E-state index is 13.1. The van der Waals surface area contributed by atoms with Crippen molar-refractivity contribution in [1.82, 2.24) is 0 Å². The minimum Gasteiger partial charge on any atom is -0.326 e. The van der Waals surface area contributed by atoms with Gasteiger partial charge in [-0.3, -0.25) is 13.8 Å². The summed E-state index contributed by atoms with van der Waals surface area (Å²) in [6, 6.07) is 12.5. The molecule has 0 saturated carbocycles. The molecule has 0 heterocycles. The normalized spacial score (nSPS) is 12.2. The molecule has 0 aliphatic heterocycles. The summed E-state index contributed by atoms with van der Waals surface area (Å²) in [6.45, 7) is 1.77. The maximum Gasteiger partial charge on any atom is 0.417 e.